The van der Waals surface area contributed by atoms with Gasteiger partial charge in [-0.25, -0.2) is 9.78 Å². The van der Waals surface area contributed by atoms with Crippen molar-refractivity contribution in [2.45, 2.75) is 58.1 Å². The maximum absolute atomic E-state index is 12.4. The quantitative estimate of drug-likeness (QED) is 0.816. The van der Waals surface area contributed by atoms with E-state index in [0.29, 0.717) is 13.1 Å². The first-order chi connectivity index (χ1) is 13.1. The number of anilines is 1. The number of pyridine rings is 1. The van der Waals surface area contributed by atoms with E-state index >= 15 is 0 Å². The fourth-order valence-electron chi connectivity index (χ4n) is 4.15. The molecular weight excluding hydrogens is 354 g/mol. The van der Waals surface area contributed by atoms with Crippen LogP contribution < -0.4 is 5.32 Å². The Morgan fingerprint density at radius 1 is 1.32 bits per heavy atom. The summed E-state index contributed by atoms with van der Waals surface area (Å²) in [7, 11) is 1.92. The summed E-state index contributed by atoms with van der Waals surface area (Å²) in [5, 5.41) is 7.94. The van der Waals surface area contributed by atoms with Gasteiger partial charge in [0.2, 0.25) is 0 Å². The third-order valence-corrected chi connectivity index (χ3v) is 5.57. The maximum atomic E-state index is 12.4. The fourth-order valence-corrected chi connectivity index (χ4v) is 4.15. The lowest BCUT2D eigenvalue weighted by Crippen LogP contribution is -2.46. The summed E-state index contributed by atoms with van der Waals surface area (Å²) in [6, 6.07) is 2.23. The van der Waals surface area contributed by atoms with Crippen LogP contribution in [-0.4, -0.2) is 50.0 Å². The van der Waals surface area contributed by atoms with Crippen molar-refractivity contribution < 1.29 is 9.53 Å². The lowest BCUT2D eigenvalue weighted by molar-refractivity contribution is 0.0285. The van der Waals surface area contributed by atoms with E-state index in [-0.39, 0.29) is 11.6 Å². The third-order valence-electron chi connectivity index (χ3n) is 5.57. The molecule has 2 aliphatic heterocycles. The van der Waals surface area contributed by atoms with Gasteiger partial charge in [0.15, 0.2) is 0 Å². The molecule has 1 fully saturated rings. The number of carbonyl (C=O) groups is 1. The van der Waals surface area contributed by atoms with Crippen LogP contribution in [0.25, 0.3) is 11.1 Å². The van der Waals surface area contributed by atoms with Crippen LogP contribution in [0.2, 0.25) is 0 Å². The molecule has 0 aliphatic carbocycles. The van der Waals surface area contributed by atoms with Crippen LogP contribution in [0.3, 0.4) is 0 Å². The Morgan fingerprint density at radius 2 is 2.11 bits per heavy atom. The molecule has 2 aliphatic rings. The first-order valence-electron chi connectivity index (χ1n) is 9.90. The van der Waals surface area contributed by atoms with Crippen molar-refractivity contribution in [1.82, 2.24) is 19.7 Å². The van der Waals surface area contributed by atoms with Gasteiger partial charge >= 0.3 is 6.09 Å². The third kappa shape index (κ3) is 3.57. The number of hydrogen-bond acceptors (Lipinski definition) is 5. The monoisotopic (exact) mass is 383 g/mol. The minimum atomic E-state index is -0.471. The van der Waals surface area contributed by atoms with Gasteiger partial charge in [-0.1, -0.05) is 0 Å². The lowest BCUT2D eigenvalue weighted by atomic mass is 9.86. The number of aromatic nitrogens is 3. The van der Waals surface area contributed by atoms with E-state index < -0.39 is 5.60 Å². The van der Waals surface area contributed by atoms with Crippen LogP contribution >= 0.6 is 0 Å². The minimum Gasteiger partial charge on any atom is -0.444 e. The molecule has 7 nitrogen and oxygen atoms in total. The number of likely N-dealkylation sites (tertiary alicyclic amines) is 1. The highest BCUT2D eigenvalue weighted by molar-refractivity contribution is 5.70. The fraction of sp³-hybridized carbons (Fsp3) is 0.571. The van der Waals surface area contributed by atoms with E-state index in [0.717, 1.165) is 41.9 Å². The van der Waals surface area contributed by atoms with Crippen LogP contribution in [0.4, 0.5) is 10.6 Å². The summed E-state index contributed by atoms with van der Waals surface area (Å²) >= 11 is 0. The number of nitrogens with zero attached hydrogens (tertiary/aromatic N) is 4. The molecule has 150 valence electrons. The Morgan fingerprint density at radius 3 is 2.79 bits per heavy atom. The van der Waals surface area contributed by atoms with Crippen molar-refractivity contribution in [3.05, 3.63) is 29.7 Å². The molecule has 2 aromatic heterocycles. The van der Waals surface area contributed by atoms with Crippen LogP contribution in [0.1, 0.15) is 44.9 Å². The summed E-state index contributed by atoms with van der Waals surface area (Å²) in [5.74, 6) is 0.947. The van der Waals surface area contributed by atoms with E-state index in [1.54, 1.807) is 0 Å². The van der Waals surface area contributed by atoms with Gasteiger partial charge < -0.3 is 15.0 Å². The van der Waals surface area contributed by atoms with Crippen LogP contribution in [0, 0.1) is 6.92 Å². The number of ether oxygens (including phenoxy) is 1. The average molecular weight is 383 g/mol. The van der Waals surface area contributed by atoms with E-state index in [1.807, 2.05) is 56.7 Å². The second kappa shape index (κ2) is 6.50. The predicted molar refractivity (Wildman–Crippen MR) is 108 cm³/mol. The zero-order chi connectivity index (χ0) is 20.1. The predicted octanol–water partition coefficient (Wildman–Crippen LogP) is 3.53. The van der Waals surface area contributed by atoms with Crippen LogP contribution in [0.5, 0.6) is 0 Å². The Balaban J connectivity index is 1.53. The molecule has 1 unspecified atom stereocenters. The Kier molecular flexibility index (Phi) is 4.36. The number of aryl methyl sites for hydroxylation is 3. The molecular formula is C21H29N5O2. The molecule has 1 N–H and O–H groups in total. The van der Waals surface area contributed by atoms with Gasteiger partial charge in [0.05, 0.1) is 11.7 Å². The first kappa shape index (κ1) is 18.8. The standard InChI is InChI=1S/C21H29N5O2/c1-14-17(16-11-22-25(5)12-16)10-15-6-7-21(24-18(15)23-14)8-9-26(13-21)19(27)28-20(2,3)4/h10-12H,6-9,13H2,1-5H3,(H,23,24). The molecule has 2 aromatic rings. The summed E-state index contributed by atoms with van der Waals surface area (Å²) in [5.41, 5.74) is 3.85. The number of nitrogens with one attached hydrogen (secondary N) is 1. The van der Waals surface area contributed by atoms with Gasteiger partial charge in [-0.2, -0.15) is 5.10 Å². The van der Waals surface area contributed by atoms with Gasteiger partial charge in [0, 0.05) is 43.2 Å². The second-order valence-electron chi connectivity index (χ2n) is 9.09. The van der Waals surface area contributed by atoms with Gasteiger partial charge in [-0.15, -0.1) is 0 Å². The summed E-state index contributed by atoms with van der Waals surface area (Å²) < 4.78 is 7.36. The molecule has 1 amide bonds. The van der Waals surface area contributed by atoms with E-state index in [4.69, 9.17) is 9.72 Å². The second-order valence-corrected chi connectivity index (χ2v) is 9.09. The van der Waals surface area contributed by atoms with Crippen molar-refractivity contribution in [3.63, 3.8) is 0 Å². The SMILES string of the molecule is Cc1nc2c(cc1-c1cnn(C)c1)CCC1(CCN(C(=O)OC(C)(C)C)C1)N2. The lowest BCUT2D eigenvalue weighted by Gasteiger charge is -2.36. The van der Waals surface area contributed by atoms with Gasteiger partial charge in [-0.05, 0) is 58.6 Å². The molecule has 0 saturated carbocycles. The molecule has 0 aromatic carbocycles. The average Bonchev–Trinajstić information content (AvgIpc) is 3.20. The highest BCUT2D eigenvalue weighted by atomic mass is 16.6. The zero-order valence-electron chi connectivity index (χ0n) is 17.4. The smallest absolute Gasteiger partial charge is 0.410 e. The highest BCUT2D eigenvalue weighted by Gasteiger charge is 2.43. The largest absolute Gasteiger partial charge is 0.444 e. The number of carbonyl (C=O) groups excluding carboxylic acids is 1. The molecule has 1 spiro atoms. The number of fused-ring (bicyclic) bond motifs is 1. The van der Waals surface area contributed by atoms with Crippen molar-refractivity contribution in [1.29, 1.82) is 0 Å². The number of hydrogen-bond donors (Lipinski definition) is 1. The molecule has 4 heterocycles. The van der Waals surface area contributed by atoms with E-state index in [1.165, 1.54) is 5.56 Å². The zero-order valence-corrected chi connectivity index (χ0v) is 17.4. The van der Waals surface area contributed by atoms with E-state index in [9.17, 15) is 4.79 Å². The molecule has 7 heteroatoms. The first-order valence-corrected chi connectivity index (χ1v) is 9.90. The van der Waals surface area contributed by atoms with E-state index in [2.05, 4.69) is 16.5 Å². The van der Waals surface area contributed by atoms with Crippen molar-refractivity contribution in [2.24, 2.45) is 7.05 Å². The summed E-state index contributed by atoms with van der Waals surface area (Å²) in [4.78, 5) is 19.1. The number of rotatable bonds is 1. The van der Waals surface area contributed by atoms with Crippen molar-refractivity contribution in [2.75, 3.05) is 18.4 Å². The molecule has 28 heavy (non-hydrogen) atoms. The molecule has 0 bridgehead atoms. The Hall–Kier alpha value is -2.57. The molecule has 1 saturated heterocycles. The van der Waals surface area contributed by atoms with Crippen molar-refractivity contribution in [3.8, 4) is 11.1 Å². The van der Waals surface area contributed by atoms with Gasteiger partial charge in [0.25, 0.3) is 0 Å². The molecule has 0 radical (unpaired) electrons. The molecule has 1 atom stereocenters. The maximum Gasteiger partial charge on any atom is 0.410 e. The van der Waals surface area contributed by atoms with Gasteiger partial charge in [-0.3, -0.25) is 4.68 Å². The Labute approximate surface area is 166 Å². The minimum absolute atomic E-state index is 0.112. The summed E-state index contributed by atoms with van der Waals surface area (Å²) in [6.07, 6.45) is 6.51. The summed E-state index contributed by atoms with van der Waals surface area (Å²) in [6.45, 7) is 9.11. The van der Waals surface area contributed by atoms with Crippen LogP contribution in [-0.2, 0) is 18.2 Å². The van der Waals surface area contributed by atoms with Gasteiger partial charge in [0.1, 0.15) is 11.4 Å². The number of amides is 1. The topological polar surface area (TPSA) is 72.3 Å². The normalized spacial score (nSPS) is 21.5. The Bertz CT molecular complexity index is 914. The molecule has 4 rings (SSSR count). The van der Waals surface area contributed by atoms with Crippen LogP contribution in [0.15, 0.2) is 18.5 Å². The van der Waals surface area contributed by atoms with Crippen molar-refractivity contribution >= 4 is 11.9 Å². The highest BCUT2D eigenvalue weighted by Crippen LogP contribution is 2.38.